The summed E-state index contributed by atoms with van der Waals surface area (Å²) < 4.78 is 22.3. The quantitative estimate of drug-likeness (QED) is 0.0272. The number of nitrogens with one attached hydrogen (secondary N) is 1. The van der Waals surface area contributed by atoms with Crippen molar-refractivity contribution >= 4 is 13.7 Å². The number of amides is 1. The van der Waals surface area contributed by atoms with Crippen molar-refractivity contribution in [3.8, 4) is 0 Å². The molecule has 0 aromatic carbocycles. The summed E-state index contributed by atoms with van der Waals surface area (Å²) >= 11 is 0. The van der Waals surface area contributed by atoms with E-state index in [1.807, 2.05) is 6.08 Å². The average molecular weight is 899 g/mol. The molecular formula is C53H107N2O6P. The second-order valence-electron chi connectivity index (χ2n) is 18.8. The number of allylic oxidation sites excluding steroid dienone is 1. The molecule has 0 saturated heterocycles. The minimum atomic E-state index is -4.34. The van der Waals surface area contributed by atoms with E-state index in [-0.39, 0.29) is 25.7 Å². The molecule has 0 radical (unpaired) electrons. The van der Waals surface area contributed by atoms with Crippen molar-refractivity contribution in [3.05, 3.63) is 12.2 Å². The van der Waals surface area contributed by atoms with Crippen LogP contribution in [-0.4, -0.2) is 47.8 Å². The van der Waals surface area contributed by atoms with Gasteiger partial charge in [-0.1, -0.05) is 276 Å². The Bertz CT molecular complexity index is 984. The third-order valence-electron chi connectivity index (χ3n) is 12.6. The van der Waals surface area contributed by atoms with Gasteiger partial charge in [0.15, 0.2) is 0 Å². The highest BCUT2D eigenvalue weighted by Crippen LogP contribution is 2.43. The van der Waals surface area contributed by atoms with Crippen LogP contribution in [-0.2, 0) is 18.4 Å². The highest BCUT2D eigenvalue weighted by molar-refractivity contribution is 7.47. The number of nitrogens with two attached hydrogens (primary N) is 1. The molecule has 0 aromatic heterocycles. The molecule has 0 spiro atoms. The number of hydrogen-bond acceptors (Lipinski definition) is 6. The number of aliphatic hydroxyl groups is 1. The summed E-state index contributed by atoms with van der Waals surface area (Å²) in [5.74, 6) is -0.186. The number of hydrogen-bond donors (Lipinski definition) is 4. The van der Waals surface area contributed by atoms with Crippen LogP contribution in [0.2, 0.25) is 0 Å². The first-order valence-electron chi connectivity index (χ1n) is 27.3. The molecule has 3 unspecified atom stereocenters. The SMILES string of the molecule is CCCCCCCCCCCCCCCCCCCCC/C=C/C(O)C(COP(=O)(O)OCCN)NC(=O)CCCCCCCCCCCCCCCCCCCCCCCC. The zero-order valence-corrected chi connectivity index (χ0v) is 42.3. The lowest BCUT2D eigenvalue weighted by molar-refractivity contribution is -0.123. The van der Waals surface area contributed by atoms with Crippen LogP contribution in [0, 0.1) is 0 Å². The molecule has 8 nitrogen and oxygen atoms in total. The Morgan fingerprint density at radius 3 is 1.15 bits per heavy atom. The zero-order chi connectivity index (χ0) is 45.3. The van der Waals surface area contributed by atoms with E-state index >= 15 is 0 Å². The lowest BCUT2D eigenvalue weighted by Crippen LogP contribution is -2.45. The molecular weight excluding hydrogens is 792 g/mol. The number of rotatable bonds is 52. The predicted molar refractivity (Wildman–Crippen MR) is 268 cm³/mol. The Morgan fingerprint density at radius 1 is 0.516 bits per heavy atom. The predicted octanol–water partition coefficient (Wildman–Crippen LogP) is 16.3. The van der Waals surface area contributed by atoms with E-state index < -0.39 is 20.0 Å². The van der Waals surface area contributed by atoms with Gasteiger partial charge in [-0.15, -0.1) is 0 Å². The van der Waals surface area contributed by atoms with Gasteiger partial charge in [0.2, 0.25) is 5.91 Å². The van der Waals surface area contributed by atoms with Crippen LogP contribution in [0.1, 0.15) is 290 Å². The van der Waals surface area contributed by atoms with Crippen LogP contribution in [0.4, 0.5) is 0 Å². The minimum Gasteiger partial charge on any atom is -0.387 e. The van der Waals surface area contributed by atoms with Gasteiger partial charge in [0.25, 0.3) is 0 Å². The van der Waals surface area contributed by atoms with E-state index in [4.69, 9.17) is 14.8 Å². The van der Waals surface area contributed by atoms with Crippen molar-refractivity contribution in [1.29, 1.82) is 0 Å². The van der Waals surface area contributed by atoms with E-state index in [0.717, 1.165) is 38.5 Å². The van der Waals surface area contributed by atoms with Crippen LogP contribution in [0.3, 0.4) is 0 Å². The van der Waals surface area contributed by atoms with Gasteiger partial charge >= 0.3 is 7.82 Å². The molecule has 0 aliphatic heterocycles. The summed E-state index contributed by atoms with van der Waals surface area (Å²) in [5.41, 5.74) is 5.40. The standard InChI is InChI=1S/C53H107N2O6P/c1-3-5-7-9-11-13-15-17-19-21-23-25-27-29-31-33-35-37-39-41-43-45-47-53(57)55-51(50-61-62(58,59)60-49-48-54)52(56)46-44-42-40-38-36-34-32-30-28-26-24-22-20-18-16-14-12-10-8-6-4-2/h44,46,51-52,56H,3-43,45,47-50,54H2,1-2H3,(H,55,57)(H,58,59)/b46-44+. The second kappa shape index (κ2) is 49.7. The average Bonchev–Trinajstić information content (AvgIpc) is 3.26. The van der Waals surface area contributed by atoms with Gasteiger partial charge in [-0.2, -0.15) is 0 Å². The fourth-order valence-corrected chi connectivity index (χ4v) is 9.25. The van der Waals surface area contributed by atoms with Crippen molar-refractivity contribution in [2.75, 3.05) is 19.8 Å². The molecule has 0 aliphatic carbocycles. The maximum atomic E-state index is 12.8. The van der Waals surface area contributed by atoms with E-state index in [2.05, 4.69) is 19.2 Å². The molecule has 0 saturated carbocycles. The Balaban J connectivity index is 4.02. The Hall–Kier alpha value is -0.760. The number of carbonyl (C=O) groups is 1. The summed E-state index contributed by atoms with van der Waals surface area (Å²) in [5, 5.41) is 13.8. The van der Waals surface area contributed by atoms with Gasteiger partial charge in [-0.05, 0) is 19.3 Å². The lowest BCUT2D eigenvalue weighted by atomic mass is 10.0. The molecule has 0 heterocycles. The van der Waals surface area contributed by atoms with Gasteiger partial charge in [0, 0.05) is 13.0 Å². The summed E-state index contributed by atoms with van der Waals surface area (Å²) in [6.07, 6.45) is 58.5. The first-order valence-corrected chi connectivity index (χ1v) is 28.8. The summed E-state index contributed by atoms with van der Waals surface area (Å²) in [4.78, 5) is 22.9. The topological polar surface area (TPSA) is 131 Å². The van der Waals surface area contributed by atoms with Gasteiger partial charge in [0.1, 0.15) is 0 Å². The molecule has 0 fully saturated rings. The highest BCUT2D eigenvalue weighted by Gasteiger charge is 2.27. The van der Waals surface area contributed by atoms with Crippen molar-refractivity contribution in [2.24, 2.45) is 5.73 Å². The normalized spacial score (nSPS) is 13.8. The molecule has 370 valence electrons. The van der Waals surface area contributed by atoms with E-state index in [1.54, 1.807) is 6.08 Å². The van der Waals surface area contributed by atoms with Crippen LogP contribution < -0.4 is 11.1 Å². The lowest BCUT2D eigenvalue weighted by Gasteiger charge is -2.23. The van der Waals surface area contributed by atoms with Crippen molar-refractivity contribution < 1.29 is 28.4 Å². The number of carbonyl (C=O) groups excluding carboxylic acids is 1. The second-order valence-corrected chi connectivity index (χ2v) is 20.3. The number of unbranched alkanes of at least 4 members (excludes halogenated alkanes) is 40. The fraction of sp³-hybridized carbons (Fsp3) is 0.943. The van der Waals surface area contributed by atoms with Crippen LogP contribution in [0.15, 0.2) is 12.2 Å². The third-order valence-corrected chi connectivity index (χ3v) is 13.6. The fourth-order valence-electron chi connectivity index (χ4n) is 8.49. The number of aliphatic hydroxyl groups excluding tert-OH is 1. The Kier molecular flexibility index (Phi) is 49.1. The van der Waals surface area contributed by atoms with E-state index in [9.17, 15) is 19.4 Å². The van der Waals surface area contributed by atoms with E-state index in [0.29, 0.717) is 6.42 Å². The largest absolute Gasteiger partial charge is 0.472 e. The molecule has 62 heavy (non-hydrogen) atoms. The maximum absolute atomic E-state index is 12.8. The number of phosphoric ester groups is 1. The van der Waals surface area contributed by atoms with Crippen LogP contribution in [0.25, 0.3) is 0 Å². The molecule has 0 aliphatic rings. The monoisotopic (exact) mass is 899 g/mol. The maximum Gasteiger partial charge on any atom is 0.472 e. The van der Waals surface area contributed by atoms with Gasteiger partial charge in [0.05, 0.1) is 25.4 Å². The molecule has 5 N–H and O–H groups in total. The minimum absolute atomic E-state index is 0.0818. The highest BCUT2D eigenvalue weighted by atomic mass is 31.2. The first kappa shape index (κ1) is 61.2. The van der Waals surface area contributed by atoms with Gasteiger partial charge in [-0.3, -0.25) is 13.8 Å². The smallest absolute Gasteiger partial charge is 0.387 e. The number of phosphoric acid groups is 1. The van der Waals surface area contributed by atoms with Gasteiger partial charge < -0.3 is 21.1 Å². The van der Waals surface area contributed by atoms with Crippen molar-refractivity contribution in [3.63, 3.8) is 0 Å². The Labute approximate surface area is 385 Å². The third kappa shape index (κ3) is 47.2. The molecule has 1 amide bonds. The van der Waals surface area contributed by atoms with E-state index in [1.165, 1.54) is 231 Å². The molecule has 0 aromatic rings. The summed E-state index contributed by atoms with van der Waals surface area (Å²) in [7, 11) is -4.34. The molecule has 0 bridgehead atoms. The summed E-state index contributed by atoms with van der Waals surface area (Å²) in [6, 6.07) is -0.856. The molecule has 0 rings (SSSR count). The molecule has 3 atom stereocenters. The van der Waals surface area contributed by atoms with Gasteiger partial charge in [-0.25, -0.2) is 4.57 Å². The van der Waals surface area contributed by atoms with Crippen LogP contribution >= 0.6 is 7.82 Å². The zero-order valence-electron chi connectivity index (χ0n) is 41.4. The molecule has 9 heteroatoms. The summed E-state index contributed by atoms with van der Waals surface area (Å²) in [6.45, 7) is 4.19. The first-order chi connectivity index (χ1) is 30.4. The Morgan fingerprint density at radius 2 is 0.823 bits per heavy atom. The van der Waals surface area contributed by atoms with Crippen molar-refractivity contribution in [2.45, 2.75) is 302 Å². The van der Waals surface area contributed by atoms with Crippen LogP contribution in [0.5, 0.6) is 0 Å². The van der Waals surface area contributed by atoms with Crippen molar-refractivity contribution in [1.82, 2.24) is 5.32 Å².